The van der Waals surface area contributed by atoms with Crippen molar-refractivity contribution in [1.82, 2.24) is 15.5 Å². The molecular weight excluding hydrogens is 484 g/mol. The Bertz CT molecular complexity index is 994. The van der Waals surface area contributed by atoms with Crippen molar-refractivity contribution in [2.24, 2.45) is 5.73 Å². The Morgan fingerprint density at radius 3 is 2.11 bits per heavy atom. The molecule has 0 radical (unpaired) electrons. The van der Waals surface area contributed by atoms with Crippen molar-refractivity contribution >= 4 is 23.8 Å². The summed E-state index contributed by atoms with van der Waals surface area (Å²) < 4.78 is 5.38. The molecule has 3 unspecified atom stereocenters. The molecule has 0 heterocycles. The third-order valence-corrected chi connectivity index (χ3v) is 5.97. The van der Waals surface area contributed by atoms with Crippen molar-refractivity contribution in [1.29, 1.82) is 0 Å². The molecule has 9 nitrogen and oxygen atoms in total. The first-order valence-corrected chi connectivity index (χ1v) is 13.4. The summed E-state index contributed by atoms with van der Waals surface area (Å²) in [4.78, 5) is 54.0. The summed E-state index contributed by atoms with van der Waals surface area (Å²) in [7, 11) is 0. The quantitative estimate of drug-likeness (QED) is 0.388. The summed E-state index contributed by atoms with van der Waals surface area (Å²) in [6, 6.07) is 3.59. The number of hydrogen-bond acceptors (Lipinski definition) is 5. The number of nitrogens with zero attached hydrogens (tertiary/aromatic N) is 1. The number of hydrogen-bond donors (Lipinski definition) is 3. The van der Waals surface area contributed by atoms with Crippen molar-refractivity contribution in [2.75, 3.05) is 0 Å². The molecule has 0 aliphatic rings. The average molecular weight is 533 g/mol. The highest BCUT2D eigenvalue weighted by Crippen LogP contribution is 2.33. The fraction of sp³-hybridized carbons (Fsp3) is 0.655. The maximum Gasteiger partial charge on any atom is 0.408 e. The van der Waals surface area contributed by atoms with Gasteiger partial charge in [0.15, 0.2) is 0 Å². The number of carbonyl (C=O) groups excluding carboxylic acids is 4. The van der Waals surface area contributed by atoms with Crippen LogP contribution in [0, 0.1) is 13.8 Å². The number of ether oxygens (including phenoxy) is 1. The van der Waals surface area contributed by atoms with Crippen LogP contribution in [0.25, 0.3) is 0 Å². The van der Waals surface area contributed by atoms with Gasteiger partial charge in [-0.25, -0.2) is 4.79 Å². The monoisotopic (exact) mass is 532 g/mol. The first kappa shape index (κ1) is 32.9. The van der Waals surface area contributed by atoms with Gasteiger partial charge in [0.25, 0.3) is 0 Å². The Hall–Kier alpha value is -3.10. The van der Waals surface area contributed by atoms with Gasteiger partial charge in [0.1, 0.15) is 17.7 Å². The molecule has 4 N–H and O–H groups in total. The molecule has 0 aromatic heterocycles. The Balaban J connectivity index is 3.67. The van der Waals surface area contributed by atoms with Crippen LogP contribution in [0.1, 0.15) is 104 Å². The molecule has 1 aromatic rings. The van der Waals surface area contributed by atoms with Gasteiger partial charge in [0.05, 0.1) is 0 Å². The smallest absolute Gasteiger partial charge is 0.408 e. The van der Waals surface area contributed by atoms with Crippen LogP contribution in [0.5, 0.6) is 0 Å². The van der Waals surface area contributed by atoms with E-state index in [1.54, 1.807) is 20.8 Å². The second-order valence-electron chi connectivity index (χ2n) is 12.0. The number of amides is 4. The predicted molar refractivity (Wildman–Crippen MR) is 149 cm³/mol. The Kier molecular flexibility index (Phi) is 11.8. The molecule has 0 bridgehead atoms. The third-order valence-electron chi connectivity index (χ3n) is 5.97. The van der Waals surface area contributed by atoms with E-state index in [1.165, 1.54) is 4.90 Å². The van der Waals surface area contributed by atoms with E-state index >= 15 is 0 Å². The van der Waals surface area contributed by atoms with Crippen LogP contribution in [-0.2, 0) is 19.1 Å². The number of aryl methyl sites for hydroxylation is 2. The number of alkyl carbamates (subject to hydrolysis) is 1. The van der Waals surface area contributed by atoms with Crippen molar-refractivity contribution < 1.29 is 23.9 Å². The van der Waals surface area contributed by atoms with Crippen molar-refractivity contribution in [2.45, 2.75) is 124 Å². The molecule has 1 rings (SSSR count). The zero-order chi connectivity index (χ0) is 29.4. The molecule has 9 heteroatoms. The highest BCUT2D eigenvalue weighted by molar-refractivity contribution is 5.93. The van der Waals surface area contributed by atoms with Crippen LogP contribution in [0.3, 0.4) is 0 Å². The van der Waals surface area contributed by atoms with Crippen LogP contribution in [0.15, 0.2) is 18.2 Å². The van der Waals surface area contributed by atoms with Crippen LogP contribution in [0.4, 0.5) is 4.79 Å². The number of rotatable bonds is 11. The van der Waals surface area contributed by atoms with Crippen molar-refractivity contribution in [3.63, 3.8) is 0 Å². The fourth-order valence-corrected chi connectivity index (χ4v) is 4.29. The van der Waals surface area contributed by atoms with Gasteiger partial charge in [-0.1, -0.05) is 37.1 Å². The van der Waals surface area contributed by atoms with E-state index in [0.29, 0.717) is 5.56 Å². The molecule has 0 fully saturated rings. The van der Waals surface area contributed by atoms with Gasteiger partial charge in [-0.05, 0) is 86.3 Å². The molecule has 0 saturated carbocycles. The van der Waals surface area contributed by atoms with Gasteiger partial charge in [-0.3, -0.25) is 14.4 Å². The summed E-state index contributed by atoms with van der Waals surface area (Å²) in [6.45, 7) is 18.5. The lowest BCUT2D eigenvalue weighted by Crippen LogP contribution is -2.59. The Labute approximate surface area is 228 Å². The first-order chi connectivity index (χ1) is 17.4. The first-order valence-electron chi connectivity index (χ1n) is 13.4. The van der Waals surface area contributed by atoms with E-state index in [2.05, 4.69) is 10.6 Å². The van der Waals surface area contributed by atoms with Crippen LogP contribution in [-0.4, -0.2) is 51.9 Å². The van der Waals surface area contributed by atoms with Gasteiger partial charge in [-0.2, -0.15) is 0 Å². The lowest BCUT2D eigenvalue weighted by atomic mass is 9.91. The lowest BCUT2D eigenvalue weighted by molar-refractivity contribution is -0.149. The highest BCUT2D eigenvalue weighted by atomic mass is 16.6. The summed E-state index contributed by atoms with van der Waals surface area (Å²) in [5.74, 6) is -1.42. The topological polar surface area (TPSA) is 131 Å². The second-order valence-corrected chi connectivity index (χ2v) is 12.0. The van der Waals surface area contributed by atoms with E-state index in [9.17, 15) is 19.2 Å². The van der Waals surface area contributed by atoms with E-state index in [0.717, 1.165) is 24.0 Å². The summed E-state index contributed by atoms with van der Waals surface area (Å²) >= 11 is 0. The molecule has 3 atom stereocenters. The molecule has 0 aliphatic carbocycles. The molecule has 1 aromatic carbocycles. The summed E-state index contributed by atoms with van der Waals surface area (Å²) in [5, 5.41) is 5.70. The minimum atomic E-state index is -1.13. The Morgan fingerprint density at radius 2 is 1.61 bits per heavy atom. The zero-order valence-corrected chi connectivity index (χ0v) is 24.9. The molecular formula is C29H48N4O5. The average Bonchev–Trinajstić information content (AvgIpc) is 2.74. The molecule has 214 valence electrons. The van der Waals surface area contributed by atoms with Crippen LogP contribution >= 0.6 is 0 Å². The van der Waals surface area contributed by atoms with Crippen LogP contribution in [0.2, 0.25) is 0 Å². The minimum absolute atomic E-state index is 0.0344. The molecule has 38 heavy (non-hydrogen) atoms. The van der Waals surface area contributed by atoms with Crippen molar-refractivity contribution in [3.8, 4) is 0 Å². The largest absolute Gasteiger partial charge is 0.444 e. The van der Waals surface area contributed by atoms with E-state index in [-0.39, 0.29) is 24.8 Å². The third kappa shape index (κ3) is 10.3. The normalized spacial score (nSPS) is 14.2. The number of carbonyl (C=O) groups is 4. The predicted octanol–water partition coefficient (Wildman–Crippen LogP) is 4.44. The number of benzene rings is 1. The summed E-state index contributed by atoms with van der Waals surface area (Å²) in [6.07, 6.45) is 0.729. The molecule has 0 aliphatic heterocycles. The van der Waals surface area contributed by atoms with Gasteiger partial charge >= 0.3 is 6.09 Å². The van der Waals surface area contributed by atoms with E-state index in [1.807, 2.05) is 66.7 Å². The second kappa shape index (κ2) is 13.6. The summed E-state index contributed by atoms with van der Waals surface area (Å²) in [5.41, 5.74) is 6.26. The maximum atomic E-state index is 14.3. The van der Waals surface area contributed by atoms with Gasteiger partial charge in [0, 0.05) is 18.0 Å². The molecule has 4 amide bonds. The standard InChI is InChI=1S/C29H48N4O5/c1-11-12-20(4)31-25(35)24(21-17-18(2)13-14-19(21)3)33(28(5,6)7)26(36)22(15-16-23(30)34)32-27(37)38-29(8,9)10/h13-14,17,20,22,24H,11-12,15-16H2,1-10H3,(H2,30,34)(H,31,35)(H,32,37). The maximum absolute atomic E-state index is 14.3. The number of primary amides is 1. The van der Waals surface area contributed by atoms with Crippen LogP contribution < -0.4 is 16.4 Å². The zero-order valence-electron chi connectivity index (χ0n) is 24.9. The fourth-order valence-electron chi connectivity index (χ4n) is 4.29. The number of nitrogens with one attached hydrogen (secondary N) is 2. The van der Waals surface area contributed by atoms with Crippen molar-refractivity contribution in [3.05, 3.63) is 34.9 Å². The van der Waals surface area contributed by atoms with E-state index < -0.39 is 41.1 Å². The number of nitrogens with two attached hydrogens (primary N) is 1. The van der Waals surface area contributed by atoms with Gasteiger partial charge in [0.2, 0.25) is 17.7 Å². The SMILES string of the molecule is CCCC(C)NC(=O)C(c1cc(C)ccc1C)N(C(=O)C(CCC(N)=O)NC(=O)OC(C)(C)C)C(C)(C)C. The molecule has 0 spiro atoms. The Morgan fingerprint density at radius 1 is 1.00 bits per heavy atom. The molecule has 0 saturated heterocycles. The van der Waals surface area contributed by atoms with Gasteiger partial charge in [-0.15, -0.1) is 0 Å². The van der Waals surface area contributed by atoms with E-state index in [4.69, 9.17) is 10.5 Å². The lowest BCUT2D eigenvalue weighted by Gasteiger charge is -2.43. The highest BCUT2D eigenvalue weighted by Gasteiger charge is 2.42. The minimum Gasteiger partial charge on any atom is -0.444 e. The van der Waals surface area contributed by atoms with Gasteiger partial charge < -0.3 is 26.0 Å².